The molecule has 0 fully saturated rings. The first-order valence-electron chi connectivity index (χ1n) is 4.03. The van der Waals surface area contributed by atoms with Gasteiger partial charge < -0.3 is 5.43 Å². The zero-order valence-corrected chi connectivity index (χ0v) is 7.02. The number of fused-ring (bicyclic) bond motifs is 1. The van der Waals surface area contributed by atoms with Crippen molar-refractivity contribution in [2.75, 3.05) is 5.43 Å². The summed E-state index contributed by atoms with van der Waals surface area (Å²) in [6.07, 6.45) is 0. The van der Waals surface area contributed by atoms with Gasteiger partial charge in [0, 0.05) is 6.54 Å². The lowest BCUT2D eigenvalue weighted by molar-refractivity contribution is 0.860. The van der Waals surface area contributed by atoms with Crippen LogP contribution in [0, 0.1) is 0 Å². The maximum absolute atomic E-state index is 3.05. The first-order chi connectivity index (χ1) is 5.47. The highest BCUT2D eigenvalue weighted by atomic mass is 15.4. The maximum Gasteiger partial charge on any atom is 0.0533 e. The number of anilines is 1. The van der Waals surface area contributed by atoms with Gasteiger partial charge in [0.25, 0.3) is 0 Å². The summed E-state index contributed by atoms with van der Waals surface area (Å²) in [5.74, 6) is 0. The summed E-state index contributed by atoms with van der Waals surface area (Å²) in [5, 5.41) is 0. The number of hydrazine groups is 1. The molecule has 0 aliphatic carbocycles. The van der Waals surface area contributed by atoms with E-state index < -0.39 is 0 Å². The zero-order valence-electron chi connectivity index (χ0n) is 7.02. The van der Waals surface area contributed by atoms with Crippen LogP contribution in [0.3, 0.4) is 0 Å². The van der Waals surface area contributed by atoms with Crippen molar-refractivity contribution in [2.24, 2.45) is 0 Å². The van der Waals surface area contributed by atoms with Crippen molar-refractivity contribution in [2.45, 2.75) is 20.4 Å². The molecular formula is C9H14N2. The number of hydrogen-bond donors (Lipinski definition) is 2. The van der Waals surface area contributed by atoms with Crippen LogP contribution >= 0.6 is 0 Å². The average Bonchev–Trinajstić information content (AvgIpc) is 2.55. The highest BCUT2D eigenvalue weighted by Gasteiger charge is 2.05. The fourth-order valence-corrected chi connectivity index (χ4v) is 1.03. The molecule has 2 nitrogen and oxygen atoms in total. The lowest BCUT2D eigenvalue weighted by Gasteiger charge is -1.93. The Morgan fingerprint density at radius 1 is 1.18 bits per heavy atom. The van der Waals surface area contributed by atoms with Gasteiger partial charge in [-0.3, -0.25) is 0 Å². The average molecular weight is 150 g/mol. The molecule has 0 atom stereocenters. The Hall–Kier alpha value is -1.02. The second-order valence-corrected chi connectivity index (χ2v) is 2.14. The van der Waals surface area contributed by atoms with Crippen LogP contribution in [-0.4, -0.2) is 0 Å². The van der Waals surface area contributed by atoms with Gasteiger partial charge in [0.05, 0.1) is 5.69 Å². The number of nitrogens with one attached hydrogen (secondary N) is 2. The van der Waals surface area contributed by atoms with Gasteiger partial charge in [0.2, 0.25) is 0 Å². The summed E-state index contributed by atoms with van der Waals surface area (Å²) in [6, 6.07) is 8.25. The highest BCUT2D eigenvalue weighted by Crippen LogP contribution is 2.17. The SMILES string of the molecule is CC.c1ccc2c(c1)CNN2. The number of rotatable bonds is 0. The quantitative estimate of drug-likeness (QED) is 0.592. The Morgan fingerprint density at radius 2 is 1.91 bits per heavy atom. The van der Waals surface area contributed by atoms with E-state index in [1.165, 1.54) is 11.3 Å². The van der Waals surface area contributed by atoms with E-state index in [1.54, 1.807) is 0 Å². The smallest absolute Gasteiger partial charge is 0.0533 e. The predicted molar refractivity (Wildman–Crippen MR) is 48.3 cm³/mol. The summed E-state index contributed by atoms with van der Waals surface area (Å²) in [6.45, 7) is 4.94. The van der Waals surface area contributed by atoms with Crippen LogP contribution in [0.5, 0.6) is 0 Å². The van der Waals surface area contributed by atoms with Gasteiger partial charge in [0.1, 0.15) is 0 Å². The monoisotopic (exact) mass is 150 g/mol. The predicted octanol–water partition coefficient (Wildman–Crippen LogP) is 2.14. The molecule has 0 spiro atoms. The van der Waals surface area contributed by atoms with Crippen molar-refractivity contribution in [1.82, 2.24) is 5.43 Å². The molecule has 1 aromatic carbocycles. The molecule has 0 aromatic heterocycles. The van der Waals surface area contributed by atoms with Crippen LogP contribution in [0.1, 0.15) is 19.4 Å². The summed E-state index contributed by atoms with van der Waals surface area (Å²) >= 11 is 0. The Labute approximate surface area is 67.6 Å². The first-order valence-corrected chi connectivity index (χ1v) is 4.03. The van der Waals surface area contributed by atoms with Crippen molar-refractivity contribution in [3.63, 3.8) is 0 Å². The van der Waals surface area contributed by atoms with Crippen molar-refractivity contribution >= 4 is 5.69 Å². The van der Waals surface area contributed by atoms with Gasteiger partial charge in [-0.25, -0.2) is 5.43 Å². The summed E-state index contributed by atoms with van der Waals surface area (Å²) in [5.41, 5.74) is 8.64. The van der Waals surface area contributed by atoms with Gasteiger partial charge in [-0.05, 0) is 11.6 Å². The second-order valence-electron chi connectivity index (χ2n) is 2.14. The van der Waals surface area contributed by atoms with Crippen LogP contribution in [0.15, 0.2) is 24.3 Å². The van der Waals surface area contributed by atoms with Gasteiger partial charge in [-0.2, -0.15) is 0 Å². The molecule has 0 saturated heterocycles. The van der Waals surface area contributed by atoms with Gasteiger partial charge in [0.15, 0.2) is 0 Å². The van der Waals surface area contributed by atoms with E-state index in [-0.39, 0.29) is 0 Å². The van der Waals surface area contributed by atoms with E-state index in [9.17, 15) is 0 Å². The zero-order chi connectivity index (χ0) is 8.10. The minimum atomic E-state index is 0.941. The summed E-state index contributed by atoms with van der Waals surface area (Å²) in [7, 11) is 0. The van der Waals surface area contributed by atoms with Crippen LogP contribution in [0.2, 0.25) is 0 Å². The van der Waals surface area contributed by atoms with E-state index in [4.69, 9.17) is 0 Å². The fraction of sp³-hybridized carbons (Fsp3) is 0.333. The van der Waals surface area contributed by atoms with Crippen molar-refractivity contribution in [3.8, 4) is 0 Å². The lowest BCUT2D eigenvalue weighted by atomic mass is 10.2. The summed E-state index contributed by atoms with van der Waals surface area (Å²) < 4.78 is 0. The Balaban J connectivity index is 0.000000281. The maximum atomic E-state index is 3.05. The molecule has 60 valence electrons. The Kier molecular flexibility index (Phi) is 2.93. The number of hydrogen-bond acceptors (Lipinski definition) is 2. The minimum absolute atomic E-state index is 0.941. The molecule has 1 aliphatic rings. The third-order valence-electron chi connectivity index (χ3n) is 1.52. The van der Waals surface area contributed by atoms with Crippen LogP contribution in [0.4, 0.5) is 5.69 Å². The van der Waals surface area contributed by atoms with Crippen LogP contribution < -0.4 is 10.9 Å². The molecule has 1 aromatic rings. The normalized spacial score (nSPS) is 12.5. The highest BCUT2D eigenvalue weighted by molar-refractivity contribution is 5.53. The largest absolute Gasteiger partial charge is 0.321 e. The molecule has 0 saturated carbocycles. The summed E-state index contributed by atoms with van der Waals surface area (Å²) in [4.78, 5) is 0. The molecule has 2 rings (SSSR count). The molecule has 2 heteroatoms. The lowest BCUT2D eigenvalue weighted by Crippen LogP contribution is -2.10. The van der Waals surface area contributed by atoms with Crippen molar-refractivity contribution < 1.29 is 0 Å². The van der Waals surface area contributed by atoms with E-state index in [0.29, 0.717) is 0 Å². The molecule has 0 amide bonds. The van der Waals surface area contributed by atoms with E-state index in [2.05, 4.69) is 23.0 Å². The first kappa shape index (κ1) is 8.08. The van der Waals surface area contributed by atoms with Crippen LogP contribution in [0.25, 0.3) is 0 Å². The van der Waals surface area contributed by atoms with Crippen molar-refractivity contribution in [3.05, 3.63) is 29.8 Å². The second kappa shape index (κ2) is 3.98. The molecule has 1 heterocycles. The van der Waals surface area contributed by atoms with E-state index >= 15 is 0 Å². The van der Waals surface area contributed by atoms with Crippen LogP contribution in [-0.2, 0) is 6.54 Å². The van der Waals surface area contributed by atoms with E-state index in [1.807, 2.05) is 26.0 Å². The molecule has 0 unspecified atom stereocenters. The minimum Gasteiger partial charge on any atom is -0.321 e. The molecule has 2 N–H and O–H groups in total. The topological polar surface area (TPSA) is 24.1 Å². The standard InChI is InChI=1S/C7H8N2.C2H6/c1-2-4-7-6(3-1)5-8-9-7;1-2/h1-4,8-9H,5H2;1-2H3. The Bertz CT molecular complexity index is 198. The molecule has 1 aliphatic heterocycles. The molecular weight excluding hydrogens is 136 g/mol. The fourth-order valence-electron chi connectivity index (χ4n) is 1.03. The Morgan fingerprint density at radius 3 is 2.64 bits per heavy atom. The number of benzene rings is 1. The third kappa shape index (κ3) is 1.71. The number of para-hydroxylation sites is 1. The third-order valence-corrected chi connectivity index (χ3v) is 1.52. The van der Waals surface area contributed by atoms with Gasteiger partial charge in [-0.15, -0.1) is 0 Å². The van der Waals surface area contributed by atoms with Gasteiger partial charge >= 0.3 is 0 Å². The molecule has 0 radical (unpaired) electrons. The van der Waals surface area contributed by atoms with Gasteiger partial charge in [-0.1, -0.05) is 32.0 Å². The molecule has 11 heavy (non-hydrogen) atoms. The van der Waals surface area contributed by atoms with E-state index in [0.717, 1.165) is 6.54 Å². The van der Waals surface area contributed by atoms with Crippen molar-refractivity contribution in [1.29, 1.82) is 0 Å². The molecule has 0 bridgehead atoms.